The van der Waals surface area contributed by atoms with E-state index < -0.39 is 0 Å². The number of nitrogens with zero attached hydrogens (tertiary/aromatic N) is 1. The summed E-state index contributed by atoms with van der Waals surface area (Å²) in [4.78, 5) is 14.6. The summed E-state index contributed by atoms with van der Waals surface area (Å²) in [7, 11) is 4.07. The molecule has 0 aliphatic rings. The molecule has 0 spiro atoms. The van der Waals surface area contributed by atoms with Gasteiger partial charge in [0.05, 0.1) is 0 Å². The molecule has 1 unspecified atom stereocenters. The van der Waals surface area contributed by atoms with Crippen molar-refractivity contribution in [1.82, 2.24) is 10.2 Å². The van der Waals surface area contributed by atoms with E-state index in [1.807, 2.05) is 14.1 Å². The Balaban J connectivity index is 4.30. The maximum Gasteiger partial charge on any atom is 0.225 e. The van der Waals surface area contributed by atoms with Gasteiger partial charge in [-0.15, -0.1) is 0 Å². The molecular formula is C17H36N2O. The van der Waals surface area contributed by atoms with Gasteiger partial charge in [0.15, 0.2) is 0 Å². The maximum atomic E-state index is 12.5. The lowest BCUT2D eigenvalue weighted by Crippen LogP contribution is -2.41. The van der Waals surface area contributed by atoms with E-state index in [1.165, 1.54) is 25.7 Å². The predicted molar refractivity (Wildman–Crippen MR) is 88.0 cm³/mol. The summed E-state index contributed by atoms with van der Waals surface area (Å²) in [6.45, 7) is 8.24. The Labute approximate surface area is 126 Å². The van der Waals surface area contributed by atoms with Crippen molar-refractivity contribution in [1.29, 1.82) is 0 Å². The lowest BCUT2D eigenvalue weighted by molar-refractivity contribution is -0.131. The van der Waals surface area contributed by atoms with Crippen LogP contribution in [0.1, 0.15) is 72.1 Å². The molecule has 0 saturated carbocycles. The molecule has 0 aromatic heterocycles. The zero-order valence-electron chi connectivity index (χ0n) is 14.4. The fourth-order valence-corrected chi connectivity index (χ4v) is 2.47. The molecule has 1 atom stereocenters. The van der Waals surface area contributed by atoms with E-state index >= 15 is 0 Å². The van der Waals surface area contributed by atoms with Crippen LogP contribution in [0.25, 0.3) is 0 Å². The third kappa shape index (κ3) is 8.57. The molecule has 120 valence electrons. The number of rotatable bonds is 12. The first-order chi connectivity index (χ1) is 9.46. The second kappa shape index (κ2) is 11.1. The molecule has 0 saturated heterocycles. The van der Waals surface area contributed by atoms with Crippen LogP contribution in [0.15, 0.2) is 0 Å². The fourth-order valence-electron chi connectivity index (χ4n) is 2.47. The number of carbonyl (C=O) groups excluding carboxylic acids is 1. The molecule has 1 amide bonds. The zero-order valence-corrected chi connectivity index (χ0v) is 14.4. The monoisotopic (exact) mass is 284 g/mol. The van der Waals surface area contributed by atoms with Crippen molar-refractivity contribution in [3.8, 4) is 0 Å². The molecule has 0 aromatic rings. The Morgan fingerprint density at radius 2 is 1.60 bits per heavy atom. The topological polar surface area (TPSA) is 32.3 Å². The van der Waals surface area contributed by atoms with Gasteiger partial charge in [-0.05, 0) is 26.9 Å². The fraction of sp³-hybridized carbons (Fsp3) is 0.941. The highest BCUT2D eigenvalue weighted by molar-refractivity contribution is 5.82. The first-order valence-electron chi connectivity index (χ1n) is 8.39. The van der Waals surface area contributed by atoms with Crippen molar-refractivity contribution >= 4 is 5.91 Å². The quantitative estimate of drug-likeness (QED) is 0.552. The number of amides is 1. The van der Waals surface area contributed by atoms with Crippen LogP contribution in [0.3, 0.4) is 0 Å². The second-order valence-corrected chi connectivity index (χ2v) is 6.53. The zero-order chi connectivity index (χ0) is 15.4. The molecule has 1 N–H and O–H groups in total. The van der Waals surface area contributed by atoms with Gasteiger partial charge in [0.2, 0.25) is 5.91 Å². The number of likely N-dealkylation sites (N-methyl/N-ethyl adjacent to an activating group) is 1. The number of hydrogen-bond donors (Lipinski definition) is 1. The summed E-state index contributed by atoms with van der Waals surface area (Å²) in [5.41, 5.74) is -0.171. The summed E-state index contributed by atoms with van der Waals surface area (Å²) in [6, 6.07) is 0. The molecular weight excluding hydrogens is 248 g/mol. The average molecular weight is 284 g/mol. The van der Waals surface area contributed by atoms with Gasteiger partial charge in [0.25, 0.3) is 0 Å². The van der Waals surface area contributed by atoms with Crippen LogP contribution in [0.5, 0.6) is 0 Å². The van der Waals surface area contributed by atoms with E-state index in [1.54, 1.807) is 0 Å². The minimum Gasteiger partial charge on any atom is -0.354 e. The van der Waals surface area contributed by atoms with Crippen LogP contribution >= 0.6 is 0 Å². The molecule has 0 aliphatic carbocycles. The van der Waals surface area contributed by atoms with Gasteiger partial charge in [-0.1, -0.05) is 59.3 Å². The van der Waals surface area contributed by atoms with Gasteiger partial charge < -0.3 is 10.2 Å². The Kier molecular flexibility index (Phi) is 10.8. The minimum atomic E-state index is -0.171. The summed E-state index contributed by atoms with van der Waals surface area (Å²) in [5.74, 6) is 0.254. The first-order valence-corrected chi connectivity index (χ1v) is 8.39. The minimum absolute atomic E-state index is 0.171. The molecule has 3 heteroatoms. The van der Waals surface area contributed by atoms with Crippen molar-refractivity contribution < 1.29 is 4.79 Å². The predicted octanol–water partition coefficient (Wildman–Crippen LogP) is 3.83. The van der Waals surface area contributed by atoms with Gasteiger partial charge in [-0.25, -0.2) is 0 Å². The molecule has 0 bridgehead atoms. The number of hydrogen-bond acceptors (Lipinski definition) is 2. The molecule has 20 heavy (non-hydrogen) atoms. The van der Waals surface area contributed by atoms with Gasteiger partial charge in [0, 0.05) is 18.5 Å². The Bertz CT molecular complexity index is 253. The normalized spacial score (nSPS) is 14.3. The van der Waals surface area contributed by atoms with Gasteiger partial charge >= 0.3 is 0 Å². The highest BCUT2D eigenvalue weighted by Crippen LogP contribution is 2.31. The second-order valence-electron chi connectivity index (χ2n) is 6.53. The van der Waals surface area contributed by atoms with Crippen LogP contribution in [-0.2, 0) is 4.79 Å². The largest absolute Gasteiger partial charge is 0.354 e. The van der Waals surface area contributed by atoms with E-state index in [9.17, 15) is 4.79 Å². The lowest BCUT2D eigenvalue weighted by Gasteiger charge is -2.29. The third-order valence-electron chi connectivity index (χ3n) is 4.06. The summed E-state index contributed by atoms with van der Waals surface area (Å²) >= 11 is 0. The third-order valence-corrected chi connectivity index (χ3v) is 4.06. The Morgan fingerprint density at radius 1 is 1.00 bits per heavy atom. The van der Waals surface area contributed by atoms with E-state index in [4.69, 9.17) is 0 Å². The lowest BCUT2D eigenvalue weighted by atomic mass is 9.79. The van der Waals surface area contributed by atoms with Crippen LogP contribution in [0.4, 0.5) is 0 Å². The molecule has 0 aliphatic heterocycles. The number of carbonyl (C=O) groups is 1. The van der Waals surface area contributed by atoms with Gasteiger partial charge in [0.1, 0.15) is 0 Å². The smallest absolute Gasteiger partial charge is 0.225 e. The SMILES string of the molecule is CCCCCCC(C)(CCCC)C(=O)NCCN(C)C. The molecule has 0 heterocycles. The van der Waals surface area contributed by atoms with E-state index in [-0.39, 0.29) is 11.3 Å². The first kappa shape index (κ1) is 19.4. The van der Waals surface area contributed by atoms with Crippen molar-refractivity contribution in [2.24, 2.45) is 5.41 Å². The van der Waals surface area contributed by atoms with Crippen molar-refractivity contribution in [3.63, 3.8) is 0 Å². The highest BCUT2D eigenvalue weighted by Gasteiger charge is 2.31. The van der Waals surface area contributed by atoms with Gasteiger partial charge in [-0.2, -0.15) is 0 Å². The molecule has 0 fully saturated rings. The van der Waals surface area contributed by atoms with E-state index in [2.05, 4.69) is 31.0 Å². The standard InChI is InChI=1S/C17H36N2O/c1-6-8-10-11-13-17(3,12-9-7-2)16(20)18-14-15-19(4)5/h6-15H2,1-5H3,(H,18,20). The Hall–Kier alpha value is -0.570. The maximum absolute atomic E-state index is 12.5. The Morgan fingerprint density at radius 3 is 2.15 bits per heavy atom. The number of nitrogens with one attached hydrogen (secondary N) is 1. The summed E-state index contributed by atoms with van der Waals surface area (Å²) in [5, 5.41) is 3.12. The van der Waals surface area contributed by atoms with Crippen molar-refractivity contribution in [2.75, 3.05) is 27.2 Å². The van der Waals surface area contributed by atoms with E-state index in [0.717, 1.165) is 38.8 Å². The van der Waals surface area contributed by atoms with Crippen LogP contribution < -0.4 is 5.32 Å². The van der Waals surface area contributed by atoms with E-state index in [0.29, 0.717) is 0 Å². The highest BCUT2D eigenvalue weighted by atomic mass is 16.2. The van der Waals surface area contributed by atoms with Crippen LogP contribution in [0, 0.1) is 5.41 Å². The van der Waals surface area contributed by atoms with Gasteiger partial charge in [-0.3, -0.25) is 4.79 Å². The molecule has 0 rings (SSSR count). The molecule has 3 nitrogen and oxygen atoms in total. The van der Waals surface area contributed by atoms with Crippen LogP contribution in [0.2, 0.25) is 0 Å². The number of unbranched alkanes of at least 4 members (excludes halogenated alkanes) is 4. The van der Waals surface area contributed by atoms with Crippen molar-refractivity contribution in [3.05, 3.63) is 0 Å². The average Bonchev–Trinajstić information content (AvgIpc) is 2.41. The molecule has 0 radical (unpaired) electrons. The summed E-state index contributed by atoms with van der Waals surface area (Å²) in [6.07, 6.45) is 9.32. The van der Waals surface area contributed by atoms with Crippen LogP contribution in [-0.4, -0.2) is 38.0 Å². The molecule has 0 aromatic carbocycles. The van der Waals surface area contributed by atoms with Crippen molar-refractivity contribution in [2.45, 2.75) is 72.1 Å². The summed E-state index contributed by atoms with van der Waals surface area (Å²) < 4.78 is 0.